The Morgan fingerprint density at radius 1 is 1.17 bits per heavy atom. The summed E-state index contributed by atoms with van der Waals surface area (Å²) >= 11 is 5.97. The summed E-state index contributed by atoms with van der Waals surface area (Å²) in [6.45, 7) is 0.819. The summed E-state index contributed by atoms with van der Waals surface area (Å²) in [4.78, 5) is 38.1. The number of alkyl halides is 3. The van der Waals surface area contributed by atoms with E-state index in [0.29, 0.717) is 10.6 Å². The van der Waals surface area contributed by atoms with E-state index in [0.717, 1.165) is 12.1 Å². The maximum absolute atomic E-state index is 12.8. The Morgan fingerprint density at radius 2 is 1.80 bits per heavy atom. The second kappa shape index (κ2) is 7.86. The van der Waals surface area contributed by atoms with Crippen molar-refractivity contribution in [1.29, 1.82) is 0 Å². The highest BCUT2D eigenvalue weighted by Crippen LogP contribution is 2.31. The van der Waals surface area contributed by atoms with Crippen LogP contribution in [0.3, 0.4) is 0 Å². The van der Waals surface area contributed by atoms with Crippen LogP contribution in [0.4, 0.5) is 23.7 Å². The number of halogens is 4. The number of amides is 4. The van der Waals surface area contributed by atoms with Crippen LogP contribution in [0, 0.1) is 0 Å². The molecule has 4 amide bonds. The first-order valence-electron chi connectivity index (χ1n) is 8.54. The number of imide groups is 1. The van der Waals surface area contributed by atoms with Gasteiger partial charge in [-0.05, 0) is 36.8 Å². The number of nitrogens with zero attached hydrogens (tertiary/aromatic N) is 1. The molecule has 7 nitrogen and oxygen atoms in total. The fourth-order valence-electron chi connectivity index (χ4n) is 2.92. The van der Waals surface area contributed by atoms with Gasteiger partial charge in [0.2, 0.25) is 5.91 Å². The van der Waals surface area contributed by atoms with E-state index in [1.165, 1.54) is 19.1 Å². The Bertz CT molecular complexity index is 997. The number of hydrogen-bond donors (Lipinski definition) is 2. The highest BCUT2D eigenvalue weighted by molar-refractivity contribution is 6.33. The number of hydrogen-bond acceptors (Lipinski definition) is 4. The van der Waals surface area contributed by atoms with Gasteiger partial charge in [-0.25, -0.2) is 4.79 Å². The van der Waals surface area contributed by atoms with Crippen LogP contribution in [0.2, 0.25) is 5.02 Å². The second-order valence-electron chi connectivity index (χ2n) is 6.55. The molecule has 2 N–H and O–H groups in total. The topological polar surface area (TPSA) is 87.7 Å². The Balaban J connectivity index is 1.73. The molecule has 3 rings (SSSR count). The van der Waals surface area contributed by atoms with Crippen LogP contribution in [-0.4, -0.2) is 35.7 Å². The summed E-state index contributed by atoms with van der Waals surface area (Å²) in [5.74, 6) is -1.85. The fraction of sp³-hybridized carbons (Fsp3) is 0.211. The molecule has 0 radical (unpaired) electrons. The van der Waals surface area contributed by atoms with E-state index in [1.54, 1.807) is 24.3 Å². The molecule has 1 fully saturated rings. The number of urea groups is 1. The zero-order valence-corrected chi connectivity index (χ0v) is 16.2. The average Bonchev–Trinajstić information content (AvgIpc) is 2.87. The maximum atomic E-state index is 12.8. The molecule has 1 aliphatic rings. The van der Waals surface area contributed by atoms with Gasteiger partial charge in [0.15, 0.2) is 0 Å². The number of para-hydroxylation sites is 1. The number of carbonyl (C=O) groups excluding carboxylic acids is 3. The van der Waals surface area contributed by atoms with E-state index >= 15 is 0 Å². The van der Waals surface area contributed by atoms with E-state index in [-0.39, 0.29) is 10.6 Å². The predicted molar refractivity (Wildman–Crippen MR) is 101 cm³/mol. The third-order valence-electron chi connectivity index (χ3n) is 4.39. The molecule has 0 spiro atoms. The largest absolute Gasteiger partial charge is 0.573 e. The molecule has 0 aliphatic carbocycles. The van der Waals surface area contributed by atoms with Gasteiger partial charge in [0.05, 0.1) is 10.7 Å². The van der Waals surface area contributed by atoms with Gasteiger partial charge in [-0.15, -0.1) is 13.2 Å². The lowest BCUT2D eigenvalue weighted by molar-refractivity contribution is -0.274. The molecule has 1 unspecified atom stereocenters. The van der Waals surface area contributed by atoms with E-state index in [2.05, 4.69) is 15.4 Å². The van der Waals surface area contributed by atoms with Crippen molar-refractivity contribution in [2.45, 2.75) is 18.8 Å². The van der Waals surface area contributed by atoms with Crippen molar-refractivity contribution in [3.8, 4) is 5.75 Å². The van der Waals surface area contributed by atoms with Gasteiger partial charge in [0.25, 0.3) is 5.91 Å². The first-order chi connectivity index (χ1) is 14.0. The van der Waals surface area contributed by atoms with Crippen LogP contribution in [0.5, 0.6) is 5.75 Å². The zero-order chi connectivity index (χ0) is 22.1. The van der Waals surface area contributed by atoms with E-state index in [1.807, 2.05) is 0 Å². The summed E-state index contributed by atoms with van der Waals surface area (Å²) in [7, 11) is 0. The molecule has 0 bridgehead atoms. The molecule has 1 aliphatic heterocycles. The number of nitrogens with one attached hydrogen (secondary N) is 2. The summed E-state index contributed by atoms with van der Waals surface area (Å²) in [6, 6.07) is 10.1. The van der Waals surface area contributed by atoms with E-state index in [9.17, 15) is 27.6 Å². The summed E-state index contributed by atoms with van der Waals surface area (Å²) in [5, 5.41) is 5.26. The van der Waals surface area contributed by atoms with E-state index < -0.39 is 42.0 Å². The summed E-state index contributed by atoms with van der Waals surface area (Å²) < 4.78 is 40.7. The van der Waals surface area contributed by atoms with Gasteiger partial charge < -0.3 is 15.4 Å². The minimum Gasteiger partial charge on any atom is -0.406 e. The first kappa shape index (κ1) is 21.4. The van der Waals surface area contributed by atoms with Crippen LogP contribution >= 0.6 is 11.6 Å². The number of ether oxygens (including phenoxy) is 1. The van der Waals surface area contributed by atoms with Crippen LogP contribution < -0.4 is 15.4 Å². The predicted octanol–water partition coefficient (Wildman–Crippen LogP) is 3.64. The third-order valence-corrected chi connectivity index (χ3v) is 4.72. The maximum Gasteiger partial charge on any atom is 0.573 e. The molecule has 0 saturated carbocycles. The van der Waals surface area contributed by atoms with Crippen molar-refractivity contribution in [3.63, 3.8) is 0 Å². The molecular weight excluding hydrogens is 427 g/mol. The van der Waals surface area contributed by atoms with Crippen LogP contribution in [0.15, 0.2) is 48.5 Å². The third kappa shape index (κ3) is 4.48. The van der Waals surface area contributed by atoms with Crippen LogP contribution in [-0.2, 0) is 15.1 Å². The molecule has 30 heavy (non-hydrogen) atoms. The molecule has 1 heterocycles. The molecule has 1 atom stereocenters. The van der Waals surface area contributed by atoms with Gasteiger partial charge in [-0.3, -0.25) is 14.5 Å². The standard InChI is InChI=1S/C19H15ClF3N3O4/c1-18(11-6-8-12(9-7-11)30-19(21,22)23)16(28)26(17(29)25-18)10-15(27)24-14-5-3-2-4-13(14)20/h2-9H,10H2,1H3,(H,24,27)(H,25,29). The van der Waals surface area contributed by atoms with Gasteiger partial charge in [0.1, 0.15) is 17.8 Å². The van der Waals surface area contributed by atoms with E-state index in [4.69, 9.17) is 11.6 Å². The summed E-state index contributed by atoms with van der Waals surface area (Å²) in [6.07, 6.45) is -4.85. The monoisotopic (exact) mass is 441 g/mol. The molecular formula is C19H15ClF3N3O4. The van der Waals surface area contributed by atoms with Crippen LogP contribution in [0.1, 0.15) is 12.5 Å². The first-order valence-corrected chi connectivity index (χ1v) is 8.92. The fourth-order valence-corrected chi connectivity index (χ4v) is 3.11. The molecule has 0 aromatic heterocycles. The molecule has 11 heteroatoms. The van der Waals surface area contributed by atoms with Gasteiger partial charge in [-0.1, -0.05) is 35.9 Å². The van der Waals surface area contributed by atoms with Crippen molar-refractivity contribution < 1.29 is 32.3 Å². The smallest absolute Gasteiger partial charge is 0.406 e. The average molecular weight is 442 g/mol. The molecule has 158 valence electrons. The SMILES string of the molecule is CC1(c2ccc(OC(F)(F)F)cc2)NC(=O)N(CC(=O)Nc2ccccc2Cl)C1=O. The van der Waals surface area contributed by atoms with Gasteiger partial charge in [0, 0.05) is 0 Å². The molecule has 1 saturated heterocycles. The Morgan fingerprint density at radius 3 is 2.40 bits per heavy atom. The van der Waals surface area contributed by atoms with Crippen molar-refractivity contribution in [1.82, 2.24) is 10.2 Å². The lowest BCUT2D eigenvalue weighted by Crippen LogP contribution is -2.42. The number of carbonyl (C=O) groups is 3. The number of anilines is 1. The Hall–Kier alpha value is -3.27. The van der Waals surface area contributed by atoms with Crippen molar-refractivity contribution in [3.05, 3.63) is 59.1 Å². The molecule has 2 aromatic rings. The van der Waals surface area contributed by atoms with Crippen molar-refractivity contribution >= 4 is 35.1 Å². The van der Waals surface area contributed by atoms with Gasteiger partial charge >= 0.3 is 12.4 Å². The Labute approximate surface area is 173 Å². The number of rotatable bonds is 5. The minimum atomic E-state index is -4.85. The molecule has 2 aromatic carbocycles. The van der Waals surface area contributed by atoms with Crippen LogP contribution in [0.25, 0.3) is 0 Å². The van der Waals surface area contributed by atoms with Crippen molar-refractivity contribution in [2.75, 3.05) is 11.9 Å². The minimum absolute atomic E-state index is 0.226. The number of benzene rings is 2. The lowest BCUT2D eigenvalue weighted by atomic mass is 9.92. The summed E-state index contributed by atoms with van der Waals surface area (Å²) in [5.41, 5.74) is -1.01. The normalized spacial score (nSPS) is 18.9. The highest BCUT2D eigenvalue weighted by Gasteiger charge is 2.49. The quantitative estimate of drug-likeness (QED) is 0.693. The van der Waals surface area contributed by atoms with Crippen molar-refractivity contribution in [2.24, 2.45) is 0 Å². The second-order valence-corrected chi connectivity index (χ2v) is 6.95. The lowest BCUT2D eigenvalue weighted by Gasteiger charge is -2.22. The van der Waals surface area contributed by atoms with Gasteiger partial charge in [-0.2, -0.15) is 0 Å². The highest BCUT2D eigenvalue weighted by atomic mass is 35.5. The Kier molecular flexibility index (Phi) is 5.62. The zero-order valence-electron chi connectivity index (χ0n) is 15.4.